The topological polar surface area (TPSA) is 98.1 Å². The number of benzene rings is 2. The number of nitrogens with one attached hydrogen (secondary N) is 1. The summed E-state index contributed by atoms with van der Waals surface area (Å²) in [6, 6.07) is 19.3. The first-order chi connectivity index (χ1) is 16.1. The summed E-state index contributed by atoms with van der Waals surface area (Å²) in [6.07, 6.45) is 6.72. The van der Waals surface area contributed by atoms with Crippen LogP contribution in [-0.4, -0.2) is 39.9 Å². The smallest absolute Gasteiger partial charge is 0.224 e. The molecule has 11 heteroatoms. The van der Waals surface area contributed by atoms with E-state index in [1.165, 1.54) is 6.20 Å². The third kappa shape index (κ3) is 6.01. The molecule has 4 heterocycles. The van der Waals surface area contributed by atoms with Gasteiger partial charge in [-0.25, -0.2) is 19.6 Å². The lowest BCUT2D eigenvalue weighted by Gasteiger charge is -2.01. The van der Waals surface area contributed by atoms with E-state index in [9.17, 15) is 0 Å². The molecule has 8 nitrogen and oxygen atoms in total. The van der Waals surface area contributed by atoms with Crippen molar-refractivity contribution < 1.29 is 0 Å². The highest BCUT2D eigenvalue weighted by Gasteiger charge is 2.05. The van der Waals surface area contributed by atoms with E-state index < -0.39 is 0 Å². The van der Waals surface area contributed by atoms with Crippen molar-refractivity contribution in [1.82, 2.24) is 39.9 Å². The van der Waals surface area contributed by atoms with Gasteiger partial charge in [0.1, 0.15) is 5.15 Å². The summed E-state index contributed by atoms with van der Waals surface area (Å²) in [7, 11) is 0. The van der Waals surface area contributed by atoms with Crippen LogP contribution in [0.2, 0.25) is 15.7 Å². The molecule has 6 rings (SSSR count). The van der Waals surface area contributed by atoms with Crippen molar-refractivity contribution in [1.29, 1.82) is 0 Å². The lowest BCUT2D eigenvalue weighted by molar-refractivity contribution is 0.866. The van der Waals surface area contributed by atoms with Gasteiger partial charge in [0.25, 0.3) is 0 Å². The fourth-order valence-corrected chi connectivity index (χ4v) is 3.27. The molecule has 164 valence electrons. The molecule has 0 aliphatic carbocycles. The number of fused-ring (bicyclic) bond motifs is 2. The van der Waals surface area contributed by atoms with E-state index in [-0.39, 0.29) is 10.6 Å². The number of H-pyrrole nitrogens is 1. The number of hydrogen-bond acceptors (Lipinski definition) is 6. The normalized spacial score (nSPS) is 10.3. The first-order valence-electron chi connectivity index (χ1n) is 9.54. The highest BCUT2D eigenvalue weighted by Crippen LogP contribution is 2.16. The first kappa shape index (κ1) is 22.6. The Morgan fingerprint density at radius 1 is 0.697 bits per heavy atom. The summed E-state index contributed by atoms with van der Waals surface area (Å²) in [5, 5.41) is 14.0. The molecule has 4 aromatic heterocycles. The number of hydrogen-bond donors (Lipinski definition) is 1. The fourth-order valence-electron chi connectivity index (χ4n) is 2.80. The van der Waals surface area contributed by atoms with Crippen molar-refractivity contribution in [3.05, 3.63) is 101 Å². The fraction of sp³-hybridized carbons (Fsp3) is 0. The highest BCUT2D eigenvalue weighted by molar-refractivity contribution is 6.31. The summed E-state index contributed by atoms with van der Waals surface area (Å²) in [4.78, 5) is 15.2. The van der Waals surface area contributed by atoms with Gasteiger partial charge in [-0.2, -0.15) is 15.2 Å². The van der Waals surface area contributed by atoms with Gasteiger partial charge < -0.3 is 0 Å². The Hall–Kier alpha value is -3.59. The molecule has 0 spiro atoms. The van der Waals surface area contributed by atoms with Crippen LogP contribution in [0.25, 0.3) is 27.6 Å². The Balaban J connectivity index is 0.000000129. The molecule has 0 unspecified atom stereocenters. The molecule has 1 N–H and O–H groups in total. The number of para-hydroxylation sites is 2. The van der Waals surface area contributed by atoms with Gasteiger partial charge in [-0.15, -0.1) is 0 Å². The second-order valence-corrected chi connectivity index (χ2v) is 7.47. The maximum Gasteiger partial charge on any atom is 0.224 e. The Morgan fingerprint density at radius 2 is 1.39 bits per heavy atom. The number of nitrogens with zero attached hydrogens (tertiary/aromatic N) is 7. The monoisotopic (exact) mass is 496 g/mol. The Kier molecular flexibility index (Phi) is 7.41. The molecule has 2 aromatic carbocycles. The van der Waals surface area contributed by atoms with Crippen LogP contribution in [0, 0.1) is 0 Å². The number of aromatic amines is 1. The molecule has 33 heavy (non-hydrogen) atoms. The quantitative estimate of drug-likeness (QED) is 0.227. The molecule has 0 aliphatic heterocycles. The molecule has 0 aliphatic rings. The summed E-state index contributed by atoms with van der Waals surface area (Å²) >= 11 is 16.5. The number of halogens is 3. The lowest BCUT2D eigenvalue weighted by Crippen LogP contribution is -1.99. The van der Waals surface area contributed by atoms with Gasteiger partial charge in [-0.1, -0.05) is 48.0 Å². The average molecular weight is 498 g/mol. The molecule has 0 saturated carbocycles. The van der Waals surface area contributed by atoms with E-state index in [1.54, 1.807) is 29.2 Å². The molecule has 0 radical (unpaired) electrons. The minimum Gasteiger partial charge on any atom is -0.278 e. The summed E-state index contributed by atoms with van der Waals surface area (Å²) in [5.41, 5.74) is 2.09. The number of aromatic nitrogens is 8. The van der Waals surface area contributed by atoms with Gasteiger partial charge in [-0.3, -0.25) is 5.10 Å². The van der Waals surface area contributed by atoms with Crippen LogP contribution in [0.4, 0.5) is 0 Å². The van der Waals surface area contributed by atoms with Crippen molar-refractivity contribution in [3.63, 3.8) is 0 Å². The molecule has 0 bridgehead atoms. The van der Waals surface area contributed by atoms with Gasteiger partial charge in [0, 0.05) is 29.2 Å². The van der Waals surface area contributed by atoms with E-state index in [0.717, 1.165) is 21.8 Å². The van der Waals surface area contributed by atoms with Gasteiger partial charge in [0.15, 0.2) is 5.82 Å². The maximum absolute atomic E-state index is 5.75. The molecule has 0 atom stereocenters. The predicted molar refractivity (Wildman–Crippen MR) is 130 cm³/mol. The van der Waals surface area contributed by atoms with Crippen LogP contribution in [0.15, 0.2) is 85.5 Å². The zero-order valence-corrected chi connectivity index (χ0v) is 19.1. The van der Waals surface area contributed by atoms with Crippen LogP contribution in [0.3, 0.4) is 0 Å². The minimum atomic E-state index is 0.178. The van der Waals surface area contributed by atoms with Crippen molar-refractivity contribution in [2.75, 3.05) is 0 Å². The summed E-state index contributed by atoms with van der Waals surface area (Å²) in [5.74, 6) is 0.668. The van der Waals surface area contributed by atoms with Gasteiger partial charge in [0.2, 0.25) is 10.6 Å². The van der Waals surface area contributed by atoms with E-state index in [0.29, 0.717) is 11.0 Å². The van der Waals surface area contributed by atoms with Crippen molar-refractivity contribution >= 4 is 56.6 Å². The van der Waals surface area contributed by atoms with E-state index in [1.807, 2.05) is 54.7 Å². The summed E-state index contributed by atoms with van der Waals surface area (Å²) < 4.78 is 1.74. The Bertz CT molecular complexity index is 1430. The summed E-state index contributed by atoms with van der Waals surface area (Å²) in [6.45, 7) is 0. The van der Waals surface area contributed by atoms with Gasteiger partial charge >= 0.3 is 0 Å². The van der Waals surface area contributed by atoms with Crippen LogP contribution in [-0.2, 0) is 0 Å². The first-order valence-corrected chi connectivity index (χ1v) is 10.7. The van der Waals surface area contributed by atoms with Crippen molar-refractivity contribution in [2.45, 2.75) is 0 Å². The van der Waals surface area contributed by atoms with Crippen LogP contribution >= 0.6 is 34.8 Å². The zero-order valence-electron chi connectivity index (χ0n) is 16.8. The lowest BCUT2D eigenvalue weighted by atomic mass is 10.2. The van der Waals surface area contributed by atoms with E-state index in [4.69, 9.17) is 34.8 Å². The zero-order chi connectivity index (χ0) is 23.0. The largest absolute Gasteiger partial charge is 0.278 e. The van der Waals surface area contributed by atoms with Crippen LogP contribution in [0.5, 0.6) is 0 Å². The molecular weight excluding hydrogens is 483 g/mol. The Morgan fingerprint density at radius 3 is 2.09 bits per heavy atom. The third-order valence-corrected chi connectivity index (χ3v) is 4.82. The molecule has 0 amide bonds. The number of rotatable bonds is 1. The third-order valence-electron chi connectivity index (χ3n) is 4.25. The average Bonchev–Trinajstić information content (AvgIpc) is 3.47. The molecular formula is C22H15Cl3N8. The van der Waals surface area contributed by atoms with Crippen LogP contribution < -0.4 is 0 Å². The molecule has 0 fully saturated rings. The molecule has 6 aromatic rings. The second kappa shape index (κ2) is 10.8. The standard InChI is InChI=1S/C11H7ClN4.C7H6N2.C4H2Cl2N2/c12-11-13-6-5-10(15-11)16-9-4-2-1-3-8(9)7-14-16;1-2-4-7-6(3-1)5-8-9-7;5-3-1-2-7-4(6)8-3/h1-7H;1-5H,(H,8,9);1-2H. The van der Waals surface area contributed by atoms with E-state index >= 15 is 0 Å². The van der Waals surface area contributed by atoms with Gasteiger partial charge in [0.05, 0.1) is 23.4 Å². The van der Waals surface area contributed by atoms with Crippen LogP contribution in [0.1, 0.15) is 0 Å². The highest BCUT2D eigenvalue weighted by atomic mass is 35.5. The van der Waals surface area contributed by atoms with Crippen molar-refractivity contribution in [2.24, 2.45) is 0 Å². The minimum absolute atomic E-state index is 0.178. The second-order valence-electron chi connectivity index (χ2n) is 6.40. The molecule has 0 saturated heterocycles. The van der Waals surface area contributed by atoms with Gasteiger partial charge in [-0.05, 0) is 41.4 Å². The Labute approximate surface area is 203 Å². The SMILES string of the molecule is Clc1ccnc(Cl)n1.Clc1nccc(-n2ncc3ccccc32)n1.c1ccc2[nH]ncc2c1. The maximum atomic E-state index is 5.75. The van der Waals surface area contributed by atoms with E-state index in [2.05, 4.69) is 35.2 Å². The predicted octanol–water partition coefficient (Wildman–Crippen LogP) is 5.82. The van der Waals surface area contributed by atoms with Crippen molar-refractivity contribution in [3.8, 4) is 5.82 Å².